The summed E-state index contributed by atoms with van der Waals surface area (Å²) in [7, 11) is 0. The van der Waals surface area contributed by atoms with Crippen molar-refractivity contribution >= 4 is 22.3 Å². The summed E-state index contributed by atoms with van der Waals surface area (Å²) in [4.78, 5) is 14.6. The molecule has 3 nitrogen and oxygen atoms in total. The zero-order chi connectivity index (χ0) is 9.84. The molecule has 0 aliphatic heterocycles. The van der Waals surface area contributed by atoms with Crippen molar-refractivity contribution in [3.05, 3.63) is 27.9 Å². The average Bonchev–Trinajstić information content (AvgIpc) is 2.47. The molecule has 1 aromatic heterocycles. The van der Waals surface area contributed by atoms with Crippen molar-refractivity contribution in [2.45, 2.75) is 13.8 Å². The lowest BCUT2D eigenvalue weighted by Crippen LogP contribution is -2.04. The summed E-state index contributed by atoms with van der Waals surface area (Å²) in [5.74, 6) is -0.342. The van der Waals surface area contributed by atoms with Crippen LogP contribution in [0.1, 0.15) is 22.8 Å². The van der Waals surface area contributed by atoms with E-state index >= 15 is 0 Å². The molecule has 1 rings (SSSR count). The molecule has 0 aromatic carbocycles. The number of nitrogens with zero attached hydrogens (tertiary/aromatic N) is 1. The van der Waals surface area contributed by atoms with Crippen molar-refractivity contribution in [3.8, 4) is 0 Å². The first-order chi connectivity index (χ1) is 6.20. The highest BCUT2D eigenvalue weighted by molar-refractivity contribution is 7.14. The highest BCUT2D eigenvalue weighted by atomic mass is 32.1. The maximum atomic E-state index is 11.3. The molecular formula is C9H9NO2S. The average molecular weight is 195 g/mol. The predicted molar refractivity (Wildman–Crippen MR) is 51.3 cm³/mol. The van der Waals surface area contributed by atoms with Gasteiger partial charge in [-0.3, -0.25) is 0 Å². The molecule has 4 heteroatoms. The van der Waals surface area contributed by atoms with Crippen LogP contribution in [-0.2, 0) is 4.74 Å². The number of hydrogen-bond donors (Lipinski definition) is 0. The molecule has 0 N–H and O–H groups in total. The lowest BCUT2D eigenvalue weighted by Gasteiger charge is -1.99. The minimum atomic E-state index is -0.342. The van der Waals surface area contributed by atoms with E-state index in [-0.39, 0.29) is 5.97 Å². The number of carbonyl (C=O) groups is 1. The van der Waals surface area contributed by atoms with Crippen LogP contribution in [0.3, 0.4) is 0 Å². The molecule has 1 aromatic rings. The lowest BCUT2D eigenvalue weighted by atomic mass is 10.2. The molecule has 0 atom stereocenters. The fourth-order valence-corrected chi connectivity index (χ4v) is 1.77. The van der Waals surface area contributed by atoms with Crippen LogP contribution in [0, 0.1) is 13.5 Å². The number of ether oxygens (including phenoxy) is 1. The maximum absolute atomic E-state index is 11.3. The van der Waals surface area contributed by atoms with Crippen molar-refractivity contribution in [1.29, 1.82) is 0 Å². The molecule has 68 valence electrons. The molecule has 0 aliphatic rings. The Hall–Kier alpha value is -1.34. The Morgan fingerprint density at radius 1 is 1.77 bits per heavy atom. The van der Waals surface area contributed by atoms with Crippen molar-refractivity contribution in [3.63, 3.8) is 0 Å². The Balaban J connectivity index is 2.97. The second-order valence-corrected chi connectivity index (χ2v) is 3.27. The monoisotopic (exact) mass is 195 g/mol. The fourth-order valence-electron chi connectivity index (χ4n) is 0.927. The summed E-state index contributed by atoms with van der Waals surface area (Å²) in [6.45, 7) is 10.7. The van der Waals surface area contributed by atoms with Gasteiger partial charge in [0, 0.05) is 0 Å². The first kappa shape index (κ1) is 9.75. The van der Waals surface area contributed by atoms with Gasteiger partial charge in [-0.05, 0) is 24.8 Å². The van der Waals surface area contributed by atoms with Gasteiger partial charge in [0.05, 0.1) is 18.7 Å². The number of thiophene rings is 1. The lowest BCUT2D eigenvalue weighted by molar-refractivity contribution is 0.0526. The van der Waals surface area contributed by atoms with Crippen molar-refractivity contribution < 1.29 is 9.53 Å². The Labute approximate surface area is 80.8 Å². The van der Waals surface area contributed by atoms with Crippen LogP contribution in [0.4, 0.5) is 5.00 Å². The molecule has 0 amide bonds. The molecule has 1 heterocycles. The quantitative estimate of drug-likeness (QED) is 0.536. The van der Waals surface area contributed by atoms with Crippen LogP contribution in [0.2, 0.25) is 0 Å². The Kier molecular flexibility index (Phi) is 3.04. The van der Waals surface area contributed by atoms with E-state index < -0.39 is 0 Å². The maximum Gasteiger partial charge on any atom is 0.337 e. The standard InChI is InChI=1S/C9H9NO2S/c1-4-12-9(11)7-5-13-8(10-3)6(7)2/h5H,4H2,1-2H3. The number of esters is 1. The van der Waals surface area contributed by atoms with E-state index in [4.69, 9.17) is 11.3 Å². The van der Waals surface area contributed by atoms with Crippen LogP contribution >= 0.6 is 11.3 Å². The van der Waals surface area contributed by atoms with E-state index in [1.807, 2.05) is 0 Å². The Morgan fingerprint density at radius 2 is 2.46 bits per heavy atom. The van der Waals surface area contributed by atoms with Gasteiger partial charge >= 0.3 is 5.97 Å². The molecular weight excluding hydrogens is 186 g/mol. The van der Waals surface area contributed by atoms with Crippen molar-refractivity contribution in [2.24, 2.45) is 0 Å². The fraction of sp³-hybridized carbons (Fsp3) is 0.333. The first-order valence-corrected chi connectivity index (χ1v) is 4.71. The summed E-state index contributed by atoms with van der Waals surface area (Å²) in [5.41, 5.74) is 1.23. The summed E-state index contributed by atoms with van der Waals surface area (Å²) < 4.78 is 4.83. The van der Waals surface area contributed by atoms with Gasteiger partial charge in [-0.25, -0.2) is 9.64 Å². The molecule has 0 saturated carbocycles. The van der Waals surface area contributed by atoms with E-state index in [2.05, 4.69) is 4.85 Å². The van der Waals surface area contributed by atoms with Gasteiger partial charge in [0.25, 0.3) is 0 Å². The second kappa shape index (κ2) is 4.06. The molecule has 0 fully saturated rings. The Morgan fingerprint density at radius 3 is 2.92 bits per heavy atom. The number of hydrogen-bond acceptors (Lipinski definition) is 3. The third-order valence-electron chi connectivity index (χ3n) is 1.61. The summed E-state index contributed by atoms with van der Waals surface area (Å²) in [5, 5.41) is 2.23. The minimum absolute atomic E-state index is 0.342. The zero-order valence-corrected chi connectivity index (χ0v) is 8.27. The van der Waals surface area contributed by atoms with E-state index in [0.717, 1.165) is 5.56 Å². The van der Waals surface area contributed by atoms with Gasteiger partial charge in [0.15, 0.2) is 0 Å². The van der Waals surface area contributed by atoms with Crippen LogP contribution in [0.15, 0.2) is 5.38 Å². The normalized spacial score (nSPS) is 9.31. The van der Waals surface area contributed by atoms with E-state index in [1.165, 1.54) is 11.3 Å². The molecule has 0 saturated heterocycles. The van der Waals surface area contributed by atoms with Crippen LogP contribution in [0.25, 0.3) is 4.85 Å². The third-order valence-corrected chi connectivity index (χ3v) is 2.58. The second-order valence-electron chi connectivity index (χ2n) is 2.41. The highest BCUT2D eigenvalue weighted by Crippen LogP contribution is 2.30. The van der Waals surface area contributed by atoms with E-state index in [9.17, 15) is 4.79 Å². The molecule has 0 radical (unpaired) electrons. The van der Waals surface area contributed by atoms with Crippen molar-refractivity contribution in [1.82, 2.24) is 0 Å². The van der Waals surface area contributed by atoms with Crippen LogP contribution in [-0.4, -0.2) is 12.6 Å². The van der Waals surface area contributed by atoms with Crippen LogP contribution < -0.4 is 0 Å². The Bertz CT molecular complexity index is 362. The van der Waals surface area contributed by atoms with Gasteiger partial charge in [-0.1, -0.05) is 0 Å². The van der Waals surface area contributed by atoms with Gasteiger partial charge in [-0.15, -0.1) is 0 Å². The summed E-state index contributed by atoms with van der Waals surface area (Å²) in [6.07, 6.45) is 0. The molecule has 13 heavy (non-hydrogen) atoms. The van der Waals surface area contributed by atoms with Gasteiger partial charge in [0.1, 0.15) is 0 Å². The van der Waals surface area contributed by atoms with Gasteiger partial charge < -0.3 is 4.74 Å². The van der Waals surface area contributed by atoms with Crippen LogP contribution in [0.5, 0.6) is 0 Å². The highest BCUT2D eigenvalue weighted by Gasteiger charge is 2.14. The summed E-state index contributed by atoms with van der Waals surface area (Å²) >= 11 is 1.28. The third kappa shape index (κ3) is 1.87. The van der Waals surface area contributed by atoms with Gasteiger partial charge in [-0.2, -0.15) is 11.3 Å². The van der Waals surface area contributed by atoms with E-state index in [1.54, 1.807) is 19.2 Å². The molecule has 0 aliphatic carbocycles. The molecule has 0 unspecified atom stereocenters. The van der Waals surface area contributed by atoms with Gasteiger partial charge in [0.2, 0.25) is 5.00 Å². The largest absolute Gasteiger partial charge is 0.462 e. The molecule has 0 spiro atoms. The van der Waals surface area contributed by atoms with E-state index in [0.29, 0.717) is 17.2 Å². The predicted octanol–water partition coefficient (Wildman–Crippen LogP) is 2.78. The minimum Gasteiger partial charge on any atom is -0.462 e. The molecule has 0 bridgehead atoms. The van der Waals surface area contributed by atoms with Crippen molar-refractivity contribution in [2.75, 3.05) is 6.61 Å². The SMILES string of the molecule is [C-]#[N+]c1scc(C(=O)OCC)c1C. The smallest absolute Gasteiger partial charge is 0.337 e. The summed E-state index contributed by atoms with van der Waals surface area (Å²) in [6, 6.07) is 0. The zero-order valence-electron chi connectivity index (χ0n) is 7.46. The topological polar surface area (TPSA) is 30.7 Å². The first-order valence-electron chi connectivity index (χ1n) is 3.83. The number of rotatable bonds is 2. The number of carbonyl (C=O) groups excluding carboxylic acids is 1.